The van der Waals surface area contributed by atoms with E-state index in [4.69, 9.17) is 16.7 Å². The molecule has 0 bridgehead atoms. The molecule has 3 nitrogen and oxygen atoms in total. The van der Waals surface area contributed by atoms with Gasteiger partial charge in [0.1, 0.15) is 5.75 Å². The van der Waals surface area contributed by atoms with Crippen LogP contribution in [-0.2, 0) is 4.79 Å². The van der Waals surface area contributed by atoms with Gasteiger partial charge in [0.05, 0.1) is 5.92 Å². The summed E-state index contributed by atoms with van der Waals surface area (Å²) < 4.78 is 28.7. The van der Waals surface area contributed by atoms with E-state index in [2.05, 4.69) is 4.74 Å². The maximum Gasteiger partial charge on any atom is 0.387 e. The van der Waals surface area contributed by atoms with Crippen LogP contribution in [0, 0.1) is 5.92 Å². The number of alkyl halides is 2. The van der Waals surface area contributed by atoms with Gasteiger partial charge in [-0.25, -0.2) is 0 Å². The van der Waals surface area contributed by atoms with Gasteiger partial charge in [0.2, 0.25) is 0 Å². The number of rotatable bonds is 4. The van der Waals surface area contributed by atoms with Crippen LogP contribution in [0.3, 0.4) is 0 Å². The van der Waals surface area contributed by atoms with Gasteiger partial charge in [0.25, 0.3) is 0 Å². The quantitative estimate of drug-likeness (QED) is 0.907. The minimum Gasteiger partial charge on any atom is -0.481 e. The van der Waals surface area contributed by atoms with Gasteiger partial charge in [-0.05, 0) is 30.2 Å². The molecule has 1 aliphatic rings. The van der Waals surface area contributed by atoms with Crippen molar-refractivity contribution in [2.24, 2.45) is 5.92 Å². The molecule has 2 rings (SSSR count). The highest BCUT2D eigenvalue weighted by atomic mass is 35.5. The van der Waals surface area contributed by atoms with E-state index in [-0.39, 0.29) is 11.7 Å². The highest BCUT2D eigenvalue weighted by Crippen LogP contribution is 2.51. The second kappa shape index (κ2) is 4.49. The first-order valence-corrected chi connectivity index (χ1v) is 5.34. The van der Waals surface area contributed by atoms with E-state index in [0.29, 0.717) is 17.0 Å². The summed E-state index contributed by atoms with van der Waals surface area (Å²) in [6.07, 6.45) is 0.426. The maximum absolute atomic E-state index is 12.2. The minimum atomic E-state index is -2.93. The van der Waals surface area contributed by atoms with E-state index in [9.17, 15) is 13.6 Å². The van der Waals surface area contributed by atoms with Crippen molar-refractivity contribution in [1.82, 2.24) is 0 Å². The predicted octanol–water partition coefficient (Wildman–Crippen LogP) is 3.13. The number of carboxylic acid groups (broad SMARTS) is 1. The Morgan fingerprint density at radius 3 is 2.76 bits per heavy atom. The number of halogens is 3. The Labute approximate surface area is 101 Å². The van der Waals surface area contributed by atoms with Crippen LogP contribution in [0.15, 0.2) is 18.2 Å². The zero-order valence-electron chi connectivity index (χ0n) is 8.57. The van der Waals surface area contributed by atoms with Crippen LogP contribution in [0.5, 0.6) is 5.75 Å². The second-order valence-corrected chi connectivity index (χ2v) is 4.28. The van der Waals surface area contributed by atoms with Gasteiger partial charge < -0.3 is 9.84 Å². The lowest BCUT2D eigenvalue weighted by molar-refractivity contribution is -0.138. The molecule has 92 valence electrons. The van der Waals surface area contributed by atoms with E-state index in [1.54, 1.807) is 0 Å². The molecule has 0 aromatic heterocycles. The number of carboxylic acids is 1. The molecular weight excluding hydrogens is 254 g/mol. The van der Waals surface area contributed by atoms with Crippen molar-refractivity contribution in [3.8, 4) is 5.75 Å². The summed E-state index contributed by atoms with van der Waals surface area (Å²) >= 11 is 5.76. The first-order chi connectivity index (χ1) is 7.99. The number of hydrogen-bond donors (Lipinski definition) is 1. The summed E-state index contributed by atoms with van der Waals surface area (Å²) in [4.78, 5) is 10.7. The van der Waals surface area contributed by atoms with Crippen LogP contribution in [0.1, 0.15) is 17.9 Å². The molecule has 1 fully saturated rings. The summed E-state index contributed by atoms with van der Waals surface area (Å²) in [6, 6.07) is 4.24. The van der Waals surface area contributed by atoms with E-state index >= 15 is 0 Å². The Morgan fingerprint density at radius 2 is 2.24 bits per heavy atom. The van der Waals surface area contributed by atoms with E-state index in [1.807, 2.05) is 0 Å². The molecule has 6 heteroatoms. The van der Waals surface area contributed by atoms with Crippen molar-refractivity contribution in [3.05, 3.63) is 28.8 Å². The van der Waals surface area contributed by atoms with Crippen LogP contribution < -0.4 is 4.74 Å². The SMILES string of the molecule is O=C(O)[C@H]1CC1c1cc(Cl)ccc1OC(F)F. The van der Waals surface area contributed by atoms with E-state index in [0.717, 1.165) is 0 Å². The van der Waals surface area contributed by atoms with Gasteiger partial charge in [0.15, 0.2) is 0 Å². The Balaban J connectivity index is 2.26. The Bertz CT molecular complexity index is 450. The normalized spacial score (nSPS) is 22.6. The third-order valence-corrected chi connectivity index (χ3v) is 2.93. The molecule has 0 amide bonds. The number of aliphatic carboxylic acids is 1. The van der Waals surface area contributed by atoms with Crippen molar-refractivity contribution >= 4 is 17.6 Å². The van der Waals surface area contributed by atoms with Crippen molar-refractivity contribution in [2.45, 2.75) is 19.0 Å². The monoisotopic (exact) mass is 262 g/mol. The Hall–Kier alpha value is -1.36. The second-order valence-electron chi connectivity index (χ2n) is 3.85. The lowest BCUT2D eigenvalue weighted by Crippen LogP contribution is -2.05. The van der Waals surface area contributed by atoms with Crippen LogP contribution in [0.25, 0.3) is 0 Å². The van der Waals surface area contributed by atoms with Gasteiger partial charge in [-0.2, -0.15) is 8.78 Å². The molecule has 1 saturated carbocycles. The third kappa shape index (κ3) is 2.66. The third-order valence-electron chi connectivity index (χ3n) is 2.69. The molecule has 2 atom stereocenters. The van der Waals surface area contributed by atoms with Crippen LogP contribution in [0.2, 0.25) is 5.02 Å². The lowest BCUT2D eigenvalue weighted by Gasteiger charge is -2.10. The van der Waals surface area contributed by atoms with E-state index in [1.165, 1.54) is 18.2 Å². The summed E-state index contributed by atoms with van der Waals surface area (Å²) in [6.45, 7) is -2.93. The van der Waals surface area contributed by atoms with Gasteiger partial charge >= 0.3 is 12.6 Å². The largest absolute Gasteiger partial charge is 0.481 e. The Morgan fingerprint density at radius 1 is 1.53 bits per heavy atom. The fourth-order valence-corrected chi connectivity index (χ4v) is 2.00. The molecule has 0 radical (unpaired) electrons. The maximum atomic E-state index is 12.2. The summed E-state index contributed by atoms with van der Waals surface area (Å²) in [5.74, 6) is -1.76. The molecule has 1 aliphatic carbocycles. The summed E-state index contributed by atoms with van der Waals surface area (Å²) in [7, 11) is 0. The fourth-order valence-electron chi connectivity index (χ4n) is 1.82. The molecule has 0 saturated heterocycles. The zero-order chi connectivity index (χ0) is 12.6. The van der Waals surface area contributed by atoms with Crippen LogP contribution >= 0.6 is 11.6 Å². The van der Waals surface area contributed by atoms with Crippen LogP contribution in [-0.4, -0.2) is 17.7 Å². The van der Waals surface area contributed by atoms with E-state index < -0.39 is 18.5 Å². The minimum absolute atomic E-state index is 0.00171. The molecule has 0 aliphatic heterocycles. The molecule has 0 spiro atoms. The zero-order valence-corrected chi connectivity index (χ0v) is 9.32. The summed E-state index contributed by atoms with van der Waals surface area (Å²) in [5.41, 5.74) is 0.435. The van der Waals surface area contributed by atoms with Gasteiger partial charge in [-0.3, -0.25) is 4.79 Å². The lowest BCUT2D eigenvalue weighted by atomic mass is 10.1. The fraction of sp³-hybridized carbons (Fsp3) is 0.364. The molecule has 0 heterocycles. The predicted molar refractivity (Wildman–Crippen MR) is 56.6 cm³/mol. The highest BCUT2D eigenvalue weighted by Gasteiger charge is 2.45. The number of ether oxygens (including phenoxy) is 1. The molecule has 1 aromatic carbocycles. The molecule has 1 aromatic rings. The van der Waals surface area contributed by atoms with Gasteiger partial charge in [-0.15, -0.1) is 0 Å². The van der Waals surface area contributed by atoms with Crippen LogP contribution in [0.4, 0.5) is 8.78 Å². The smallest absolute Gasteiger partial charge is 0.387 e. The first kappa shape index (κ1) is 12.1. The van der Waals surface area contributed by atoms with Crippen molar-refractivity contribution < 1.29 is 23.4 Å². The Kier molecular flexibility index (Phi) is 3.19. The number of carbonyl (C=O) groups is 1. The van der Waals surface area contributed by atoms with Crippen molar-refractivity contribution in [1.29, 1.82) is 0 Å². The van der Waals surface area contributed by atoms with Crippen molar-refractivity contribution in [2.75, 3.05) is 0 Å². The molecule has 1 N–H and O–H groups in total. The molecular formula is C11H9ClF2O3. The average Bonchev–Trinajstić information content (AvgIpc) is 2.99. The molecule has 17 heavy (non-hydrogen) atoms. The topological polar surface area (TPSA) is 46.5 Å². The van der Waals surface area contributed by atoms with Crippen molar-refractivity contribution in [3.63, 3.8) is 0 Å². The standard InChI is InChI=1S/C11H9ClF2O3/c12-5-1-2-9(17-11(13)14)7(3-5)6-4-8(6)10(15)16/h1-3,6,8,11H,4H2,(H,15,16)/t6?,8-/m0/s1. The molecule has 1 unspecified atom stereocenters. The average molecular weight is 263 g/mol. The highest BCUT2D eigenvalue weighted by molar-refractivity contribution is 6.30. The number of hydrogen-bond acceptors (Lipinski definition) is 2. The first-order valence-electron chi connectivity index (χ1n) is 4.96. The summed E-state index contributed by atoms with van der Waals surface area (Å²) in [5, 5.41) is 9.18. The van der Waals surface area contributed by atoms with Gasteiger partial charge in [-0.1, -0.05) is 11.6 Å². The van der Waals surface area contributed by atoms with Gasteiger partial charge in [0, 0.05) is 10.9 Å². The number of benzene rings is 1.